The first-order valence-corrected chi connectivity index (χ1v) is 5.86. The van der Waals surface area contributed by atoms with Gasteiger partial charge in [0.1, 0.15) is 0 Å². The highest BCUT2D eigenvalue weighted by molar-refractivity contribution is 5.14. The van der Waals surface area contributed by atoms with Crippen molar-refractivity contribution in [3.63, 3.8) is 0 Å². The summed E-state index contributed by atoms with van der Waals surface area (Å²) >= 11 is 0. The van der Waals surface area contributed by atoms with Gasteiger partial charge in [-0.1, -0.05) is 0 Å². The Hall–Kier alpha value is -1.94. The lowest BCUT2D eigenvalue weighted by Gasteiger charge is -2.14. The van der Waals surface area contributed by atoms with Crippen LogP contribution in [0.3, 0.4) is 0 Å². The topological polar surface area (TPSA) is 128 Å². The van der Waals surface area contributed by atoms with Crippen LogP contribution < -0.4 is 0 Å². The number of aliphatic hydroxyl groups is 2. The maximum Gasteiger partial charge on any atom is 0.188 e. The van der Waals surface area contributed by atoms with Crippen molar-refractivity contribution in [2.24, 2.45) is 0 Å². The predicted octanol–water partition coefficient (Wildman–Crippen LogP) is -2.03. The molecule has 0 aliphatic carbocycles. The summed E-state index contributed by atoms with van der Waals surface area (Å²) in [5.74, 6) is 0.897. The van der Waals surface area contributed by atoms with Crippen LogP contribution >= 0.6 is 0 Å². The van der Waals surface area contributed by atoms with Crippen LogP contribution in [0.1, 0.15) is 25.5 Å². The Morgan fingerprint density at radius 3 is 1.68 bits per heavy atom. The molecule has 0 fully saturated rings. The first-order chi connectivity index (χ1) is 9.07. The number of hydrogen-bond donors (Lipinski definition) is 2. The van der Waals surface area contributed by atoms with Gasteiger partial charge in [-0.25, -0.2) is 0 Å². The van der Waals surface area contributed by atoms with Gasteiger partial charge in [-0.3, -0.25) is 0 Å². The number of hydrogen-bond acceptors (Lipinski definition) is 8. The minimum Gasteiger partial charge on any atom is -0.394 e. The van der Waals surface area contributed by atoms with E-state index < -0.39 is 5.41 Å². The third kappa shape index (κ3) is 2.74. The maximum absolute atomic E-state index is 8.82. The fourth-order valence-corrected chi connectivity index (χ4v) is 1.45. The molecule has 0 aromatic carbocycles. The van der Waals surface area contributed by atoms with E-state index in [-0.39, 0.29) is 26.3 Å². The monoisotopic (exact) mass is 268 g/mol. The lowest BCUT2D eigenvalue weighted by atomic mass is 9.92. The van der Waals surface area contributed by atoms with Crippen molar-refractivity contribution < 1.29 is 10.2 Å². The van der Waals surface area contributed by atoms with E-state index in [9.17, 15) is 0 Å². The smallest absolute Gasteiger partial charge is 0.188 e. The second kappa shape index (κ2) is 5.36. The number of rotatable bonds is 6. The molecule has 0 spiro atoms. The van der Waals surface area contributed by atoms with Gasteiger partial charge in [-0.05, 0) is 24.3 Å². The van der Waals surface area contributed by atoms with Crippen molar-refractivity contribution in [1.29, 1.82) is 0 Å². The zero-order valence-electron chi connectivity index (χ0n) is 10.8. The lowest BCUT2D eigenvalue weighted by molar-refractivity contribution is 0.258. The Balaban J connectivity index is 2.23. The van der Waals surface area contributed by atoms with E-state index >= 15 is 0 Å². The Bertz CT molecular complexity index is 488. The lowest BCUT2D eigenvalue weighted by Crippen LogP contribution is -2.23. The van der Waals surface area contributed by atoms with Gasteiger partial charge in [0.2, 0.25) is 0 Å². The molecule has 2 heterocycles. The van der Waals surface area contributed by atoms with E-state index in [1.165, 1.54) is 9.59 Å². The number of aromatic nitrogens is 8. The fourth-order valence-electron chi connectivity index (χ4n) is 1.45. The highest BCUT2D eigenvalue weighted by atomic mass is 16.3. The Labute approximate surface area is 109 Å². The maximum atomic E-state index is 8.82. The van der Waals surface area contributed by atoms with Crippen LogP contribution in [0.4, 0.5) is 0 Å². The predicted molar refractivity (Wildman–Crippen MR) is 61.9 cm³/mol. The average Bonchev–Trinajstić information content (AvgIpc) is 2.99. The summed E-state index contributed by atoms with van der Waals surface area (Å²) < 4.78 is 0. The molecular weight excluding hydrogens is 252 g/mol. The Kier molecular flexibility index (Phi) is 3.81. The minimum atomic E-state index is -0.651. The van der Waals surface area contributed by atoms with Crippen molar-refractivity contribution in [1.82, 2.24) is 40.4 Å². The first-order valence-electron chi connectivity index (χ1n) is 5.86. The van der Waals surface area contributed by atoms with Gasteiger partial charge in [0, 0.05) is 0 Å². The molecule has 0 radical (unpaired) electrons. The molecule has 0 saturated carbocycles. The number of tetrazole rings is 2. The molecule has 0 aliphatic heterocycles. The molecular formula is C9H16N8O2. The molecule has 104 valence electrons. The van der Waals surface area contributed by atoms with Crippen molar-refractivity contribution in [3.05, 3.63) is 11.6 Å². The minimum absolute atomic E-state index is 0.0544. The summed E-state index contributed by atoms with van der Waals surface area (Å²) in [6, 6.07) is 0. The summed E-state index contributed by atoms with van der Waals surface area (Å²) in [5.41, 5.74) is -0.651. The van der Waals surface area contributed by atoms with E-state index in [1.54, 1.807) is 0 Å². The largest absolute Gasteiger partial charge is 0.394 e. The van der Waals surface area contributed by atoms with Gasteiger partial charge in [-0.15, -0.1) is 20.4 Å². The van der Waals surface area contributed by atoms with E-state index in [0.717, 1.165) is 0 Å². The zero-order chi connectivity index (χ0) is 13.9. The third-order valence-corrected chi connectivity index (χ3v) is 2.62. The van der Waals surface area contributed by atoms with E-state index in [2.05, 4.69) is 30.8 Å². The average molecular weight is 268 g/mol. The van der Waals surface area contributed by atoms with E-state index in [4.69, 9.17) is 10.2 Å². The fraction of sp³-hybridized carbons (Fsp3) is 0.778. The van der Waals surface area contributed by atoms with Crippen molar-refractivity contribution >= 4 is 0 Å². The second-order valence-electron chi connectivity index (χ2n) is 4.49. The van der Waals surface area contributed by atoms with Crippen LogP contribution in [0.15, 0.2) is 0 Å². The molecule has 2 aromatic heterocycles. The van der Waals surface area contributed by atoms with Crippen molar-refractivity contribution in [2.45, 2.75) is 32.4 Å². The summed E-state index contributed by atoms with van der Waals surface area (Å²) in [6.07, 6.45) is 0. The van der Waals surface area contributed by atoms with Gasteiger partial charge in [0.15, 0.2) is 11.6 Å². The Morgan fingerprint density at radius 1 is 0.895 bits per heavy atom. The molecule has 2 aromatic rings. The molecule has 10 nitrogen and oxygen atoms in total. The summed E-state index contributed by atoms with van der Waals surface area (Å²) in [7, 11) is 0. The molecule has 2 N–H and O–H groups in total. The summed E-state index contributed by atoms with van der Waals surface area (Å²) in [6.45, 7) is 4.17. The van der Waals surface area contributed by atoms with Crippen LogP contribution in [-0.4, -0.2) is 63.8 Å². The van der Waals surface area contributed by atoms with Crippen LogP contribution in [0, 0.1) is 0 Å². The van der Waals surface area contributed by atoms with Gasteiger partial charge >= 0.3 is 0 Å². The standard InChI is InChI=1S/C9H16N8O2/c1-9(2,7-10-14-16(12-7)3-5-18)8-11-15-17(13-8)4-6-19/h18-19H,3-6H2,1-2H3. The van der Waals surface area contributed by atoms with Crippen molar-refractivity contribution in [3.8, 4) is 0 Å². The molecule has 0 unspecified atom stereocenters. The molecule has 19 heavy (non-hydrogen) atoms. The first kappa shape index (κ1) is 13.5. The van der Waals surface area contributed by atoms with Crippen molar-refractivity contribution in [2.75, 3.05) is 13.2 Å². The van der Waals surface area contributed by atoms with E-state index in [1.807, 2.05) is 13.8 Å². The molecule has 2 rings (SSSR count). The van der Waals surface area contributed by atoms with Gasteiger partial charge in [0.25, 0.3) is 0 Å². The Morgan fingerprint density at radius 2 is 1.32 bits per heavy atom. The van der Waals surface area contributed by atoms with Gasteiger partial charge in [0.05, 0.1) is 31.7 Å². The van der Waals surface area contributed by atoms with Crippen LogP contribution in [0.2, 0.25) is 0 Å². The van der Waals surface area contributed by atoms with Crippen LogP contribution in [0.5, 0.6) is 0 Å². The second-order valence-corrected chi connectivity index (χ2v) is 4.49. The highest BCUT2D eigenvalue weighted by Crippen LogP contribution is 2.24. The summed E-state index contributed by atoms with van der Waals surface area (Å²) in [4.78, 5) is 2.63. The zero-order valence-corrected chi connectivity index (χ0v) is 10.8. The third-order valence-electron chi connectivity index (χ3n) is 2.62. The number of nitrogens with zero attached hydrogens (tertiary/aromatic N) is 8. The molecule has 0 bridgehead atoms. The molecule has 0 amide bonds. The number of aliphatic hydroxyl groups excluding tert-OH is 2. The highest BCUT2D eigenvalue weighted by Gasteiger charge is 2.33. The van der Waals surface area contributed by atoms with Gasteiger partial charge < -0.3 is 10.2 Å². The van der Waals surface area contributed by atoms with Gasteiger partial charge in [-0.2, -0.15) is 9.59 Å². The van der Waals surface area contributed by atoms with Crippen LogP contribution in [-0.2, 0) is 18.5 Å². The van der Waals surface area contributed by atoms with Crippen LogP contribution in [0.25, 0.3) is 0 Å². The SMILES string of the molecule is CC(C)(c1nnn(CCO)n1)c1nnn(CCO)n1. The molecule has 10 heteroatoms. The summed E-state index contributed by atoms with van der Waals surface area (Å²) in [5, 5.41) is 41.5. The molecule has 0 saturated heterocycles. The normalized spacial score (nSPS) is 12.0. The molecule has 0 atom stereocenters. The quantitative estimate of drug-likeness (QED) is 0.614. The molecule has 0 aliphatic rings. The van der Waals surface area contributed by atoms with E-state index in [0.29, 0.717) is 11.6 Å².